The van der Waals surface area contributed by atoms with Gasteiger partial charge in [0.25, 0.3) is 0 Å². The van der Waals surface area contributed by atoms with Gasteiger partial charge in [-0.3, -0.25) is 9.88 Å². The maximum atomic E-state index is 6.13. The second-order valence-corrected chi connectivity index (χ2v) is 5.99. The lowest BCUT2D eigenvalue weighted by atomic mass is 10.1. The van der Waals surface area contributed by atoms with Crippen LogP contribution in [-0.2, 0) is 6.54 Å². The van der Waals surface area contributed by atoms with Crippen molar-refractivity contribution in [3.05, 3.63) is 58.9 Å². The van der Waals surface area contributed by atoms with Crippen molar-refractivity contribution in [2.75, 3.05) is 31.1 Å². The Labute approximate surface area is 131 Å². The number of rotatable bonds is 3. The number of aryl methyl sites for hydroxylation is 1. The Morgan fingerprint density at radius 3 is 2.67 bits per heavy atom. The Kier molecular flexibility index (Phi) is 4.42. The largest absolute Gasteiger partial charge is 0.369 e. The molecule has 2 aromatic rings. The summed E-state index contributed by atoms with van der Waals surface area (Å²) in [6.45, 7) is 7.36. The van der Waals surface area contributed by atoms with E-state index in [0.717, 1.165) is 37.7 Å². The number of halogens is 1. The zero-order valence-electron chi connectivity index (χ0n) is 12.3. The van der Waals surface area contributed by atoms with E-state index < -0.39 is 0 Å². The van der Waals surface area contributed by atoms with E-state index in [9.17, 15) is 0 Å². The molecule has 0 saturated carbocycles. The first-order chi connectivity index (χ1) is 10.2. The van der Waals surface area contributed by atoms with E-state index in [1.54, 1.807) is 0 Å². The molecule has 0 radical (unpaired) electrons. The maximum Gasteiger partial charge on any atom is 0.0426 e. The fourth-order valence-electron chi connectivity index (χ4n) is 2.82. The van der Waals surface area contributed by atoms with Gasteiger partial charge in [-0.05, 0) is 36.2 Å². The molecule has 1 saturated heterocycles. The molecule has 2 heterocycles. The van der Waals surface area contributed by atoms with Gasteiger partial charge < -0.3 is 4.90 Å². The predicted octanol–water partition coefficient (Wildman–Crippen LogP) is 3.37. The molecule has 0 N–H and O–H groups in total. The van der Waals surface area contributed by atoms with Crippen molar-refractivity contribution in [3.8, 4) is 0 Å². The second-order valence-electron chi connectivity index (χ2n) is 5.56. The topological polar surface area (TPSA) is 19.4 Å². The summed E-state index contributed by atoms with van der Waals surface area (Å²) in [6.07, 6.45) is 3.77. The van der Waals surface area contributed by atoms with Crippen molar-refractivity contribution in [3.63, 3.8) is 0 Å². The fraction of sp³-hybridized carbons (Fsp3) is 0.353. The van der Waals surface area contributed by atoms with Crippen LogP contribution in [0.2, 0.25) is 5.02 Å². The van der Waals surface area contributed by atoms with Gasteiger partial charge >= 0.3 is 0 Å². The Balaban J connectivity index is 1.61. The maximum absolute atomic E-state index is 6.13. The van der Waals surface area contributed by atoms with Gasteiger partial charge in [0.1, 0.15) is 0 Å². The normalized spacial score (nSPS) is 16.2. The van der Waals surface area contributed by atoms with Crippen molar-refractivity contribution in [1.82, 2.24) is 9.88 Å². The molecule has 0 aliphatic carbocycles. The summed E-state index contributed by atoms with van der Waals surface area (Å²) < 4.78 is 0. The lowest BCUT2D eigenvalue weighted by molar-refractivity contribution is 0.249. The summed E-state index contributed by atoms with van der Waals surface area (Å²) in [6, 6.07) is 10.3. The van der Waals surface area contributed by atoms with Crippen LogP contribution >= 0.6 is 11.6 Å². The Morgan fingerprint density at radius 1 is 1.14 bits per heavy atom. The highest BCUT2D eigenvalue weighted by atomic mass is 35.5. The monoisotopic (exact) mass is 301 g/mol. The van der Waals surface area contributed by atoms with Gasteiger partial charge in [0.15, 0.2) is 0 Å². The van der Waals surface area contributed by atoms with Crippen LogP contribution in [0, 0.1) is 6.92 Å². The molecule has 21 heavy (non-hydrogen) atoms. The molecule has 1 aromatic carbocycles. The summed E-state index contributed by atoms with van der Waals surface area (Å²) in [7, 11) is 0. The summed E-state index contributed by atoms with van der Waals surface area (Å²) in [5.74, 6) is 0. The van der Waals surface area contributed by atoms with Crippen molar-refractivity contribution >= 4 is 17.3 Å². The molecule has 1 aromatic heterocycles. The molecule has 0 spiro atoms. The minimum atomic E-state index is 0.813. The number of benzene rings is 1. The summed E-state index contributed by atoms with van der Waals surface area (Å²) >= 11 is 6.13. The molecule has 3 nitrogen and oxygen atoms in total. The number of anilines is 1. The van der Waals surface area contributed by atoms with E-state index in [4.69, 9.17) is 11.6 Å². The Morgan fingerprint density at radius 2 is 1.95 bits per heavy atom. The van der Waals surface area contributed by atoms with Gasteiger partial charge in [0, 0.05) is 55.8 Å². The minimum absolute atomic E-state index is 0.813. The number of piperazine rings is 1. The first kappa shape index (κ1) is 14.4. The van der Waals surface area contributed by atoms with Gasteiger partial charge in [0.05, 0.1) is 0 Å². The molecule has 110 valence electrons. The molecule has 1 aliphatic heterocycles. The number of hydrogen-bond donors (Lipinski definition) is 0. The van der Waals surface area contributed by atoms with Crippen molar-refractivity contribution in [1.29, 1.82) is 0 Å². The summed E-state index contributed by atoms with van der Waals surface area (Å²) in [5, 5.41) is 0.813. The van der Waals surface area contributed by atoms with E-state index in [2.05, 4.69) is 39.9 Å². The lowest BCUT2D eigenvalue weighted by Crippen LogP contribution is -2.46. The lowest BCUT2D eigenvalue weighted by Gasteiger charge is -2.36. The van der Waals surface area contributed by atoms with E-state index in [1.807, 2.05) is 24.5 Å². The van der Waals surface area contributed by atoms with Gasteiger partial charge in [-0.2, -0.15) is 0 Å². The van der Waals surface area contributed by atoms with Crippen LogP contribution in [-0.4, -0.2) is 36.1 Å². The third-order valence-corrected chi connectivity index (χ3v) is 4.25. The first-order valence-corrected chi connectivity index (χ1v) is 7.72. The molecular formula is C17H20ClN3. The van der Waals surface area contributed by atoms with Crippen LogP contribution in [0.15, 0.2) is 42.7 Å². The van der Waals surface area contributed by atoms with Crippen LogP contribution in [0.25, 0.3) is 0 Å². The van der Waals surface area contributed by atoms with Crippen LogP contribution < -0.4 is 4.90 Å². The quantitative estimate of drug-likeness (QED) is 0.866. The Hall–Kier alpha value is -1.58. The van der Waals surface area contributed by atoms with Crippen molar-refractivity contribution < 1.29 is 0 Å². The highest BCUT2D eigenvalue weighted by molar-refractivity contribution is 6.30. The number of nitrogens with zero attached hydrogens (tertiary/aromatic N) is 3. The van der Waals surface area contributed by atoms with Crippen LogP contribution in [0.1, 0.15) is 11.1 Å². The zero-order chi connectivity index (χ0) is 14.7. The van der Waals surface area contributed by atoms with Crippen LogP contribution in [0.5, 0.6) is 0 Å². The molecule has 1 aliphatic rings. The molecule has 0 unspecified atom stereocenters. The molecule has 3 rings (SSSR count). The SMILES string of the molecule is Cc1ccc(Cl)cc1N1CCN(Cc2cccnc2)CC1. The Bertz CT molecular complexity index is 592. The second kappa shape index (κ2) is 6.46. The smallest absolute Gasteiger partial charge is 0.0426 e. The molecular weight excluding hydrogens is 282 g/mol. The third-order valence-electron chi connectivity index (χ3n) is 4.01. The van der Waals surface area contributed by atoms with Gasteiger partial charge in [-0.25, -0.2) is 0 Å². The summed E-state index contributed by atoms with van der Waals surface area (Å²) in [4.78, 5) is 9.09. The fourth-order valence-corrected chi connectivity index (χ4v) is 2.99. The van der Waals surface area contributed by atoms with E-state index >= 15 is 0 Å². The highest BCUT2D eigenvalue weighted by Gasteiger charge is 2.18. The van der Waals surface area contributed by atoms with Crippen LogP contribution in [0.4, 0.5) is 5.69 Å². The van der Waals surface area contributed by atoms with Gasteiger partial charge in [-0.1, -0.05) is 23.7 Å². The van der Waals surface area contributed by atoms with Gasteiger partial charge in [0.2, 0.25) is 0 Å². The highest BCUT2D eigenvalue weighted by Crippen LogP contribution is 2.25. The summed E-state index contributed by atoms with van der Waals surface area (Å²) in [5.41, 5.74) is 3.84. The van der Waals surface area contributed by atoms with Crippen molar-refractivity contribution in [2.24, 2.45) is 0 Å². The van der Waals surface area contributed by atoms with E-state index in [1.165, 1.54) is 16.8 Å². The standard InChI is InChI=1S/C17H20ClN3/c1-14-4-5-16(18)11-17(14)21-9-7-20(8-10-21)13-15-3-2-6-19-12-15/h2-6,11-12H,7-10,13H2,1H3. The number of pyridine rings is 1. The average Bonchev–Trinajstić information content (AvgIpc) is 2.52. The zero-order valence-corrected chi connectivity index (χ0v) is 13.1. The number of hydrogen-bond acceptors (Lipinski definition) is 3. The van der Waals surface area contributed by atoms with E-state index in [0.29, 0.717) is 0 Å². The predicted molar refractivity (Wildman–Crippen MR) is 87.9 cm³/mol. The first-order valence-electron chi connectivity index (χ1n) is 7.35. The molecule has 0 atom stereocenters. The molecule has 1 fully saturated rings. The average molecular weight is 302 g/mol. The molecule has 4 heteroatoms. The van der Waals surface area contributed by atoms with Gasteiger partial charge in [-0.15, -0.1) is 0 Å². The molecule has 0 bridgehead atoms. The van der Waals surface area contributed by atoms with E-state index in [-0.39, 0.29) is 0 Å². The third kappa shape index (κ3) is 3.55. The number of aromatic nitrogens is 1. The van der Waals surface area contributed by atoms with Crippen molar-refractivity contribution in [2.45, 2.75) is 13.5 Å². The van der Waals surface area contributed by atoms with Crippen LogP contribution in [0.3, 0.4) is 0 Å². The minimum Gasteiger partial charge on any atom is -0.369 e. The molecule has 0 amide bonds.